The van der Waals surface area contributed by atoms with Crippen molar-refractivity contribution in [2.75, 3.05) is 31.6 Å². The van der Waals surface area contributed by atoms with Crippen molar-refractivity contribution in [1.82, 2.24) is 30.0 Å². The minimum Gasteiger partial charge on any atom is -0.353 e. The Morgan fingerprint density at radius 2 is 1.89 bits per heavy atom. The van der Waals surface area contributed by atoms with Crippen molar-refractivity contribution >= 4 is 38.7 Å². The molecule has 1 atom stereocenters. The van der Waals surface area contributed by atoms with E-state index in [2.05, 4.69) is 36.3 Å². The Labute approximate surface area is 223 Å². The van der Waals surface area contributed by atoms with E-state index in [9.17, 15) is 22.4 Å². The molecule has 0 aliphatic carbocycles. The van der Waals surface area contributed by atoms with Crippen LogP contribution in [0.2, 0.25) is 0 Å². The minimum absolute atomic E-state index is 0.114. The maximum atomic E-state index is 14.2. The summed E-state index contributed by atoms with van der Waals surface area (Å²) < 4.78 is 55.2. The van der Waals surface area contributed by atoms with E-state index in [0.717, 1.165) is 22.2 Å². The number of fused-ring (bicyclic) bond motifs is 1. The molecule has 3 heterocycles. The van der Waals surface area contributed by atoms with Gasteiger partial charge in [-0.3, -0.25) is 9.69 Å². The zero-order valence-corrected chi connectivity index (χ0v) is 21.7. The summed E-state index contributed by atoms with van der Waals surface area (Å²) in [4.78, 5) is 25.5. The molecule has 1 amide bonds. The van der Waals surface area contributed by atoms with Crippen LogP contribution in [0.3, 0.4) is 0 Å². The zero-order valence-electron chi connectivity index (χ0n) is 20.1. The summed E-state index contributed by atoms with van der Waals surface area (Å²) in [5.74, 6) is -0.981. The number of nitrogens with one attached hydrogen (secondary N) is 1. The van der Waals surface area contributed by atoms with Gasteiger partial charge < -0.3 is 10.2 Å². The zero-order chi connectivity index (χ0) is 27.0. The van der Waals surface area contributed by atoms with E-state index < -0.39 is 23.6 Å². The number of piperazine rings is 1. The predicted molar refractivity (Wildman–Crippen MR) is 136 cm³/mol. The molecule has 198 valence electrons. The van der Waals surface area contributed by atoms with Crippen molar-refractivity contribution < 1.29 is 22.4 Å². The Morgan fingerprint density at radius 3 is 2.61 bits per heavy atom. The van der Waals surface area contributed by atoms with Crippen molar-refractivity contribution in [3.63, 3.8) is 0 Å². The first kappa shape index (κ1) is 26.0. The van der Waals surface area contributed by atoms with Crippen molar-refractivity contribution in [2.45, 2.75) is 18.8 Å². The number of rotatable bonds is 5. The molecule has 1 aliphatic heterocycles. The fraction of sp³-hybridized carbons (Fsp3) is 0.280. The van der Waals surface area contributed by atoms with Crippen LogP contribution in [0.4, 0.5) is 23.4 Å². The fourth-order valence-electron chi connectivity index (χ4n) is 4.34. The predicted octanol–water partition coefficient (Wildman–Crippen LogP) is 4.17. The van der Waals surface area contributed by atoms with Gasteiger partial charge in [0.1, 0.15) is 24.0 Å². The monoisotopic (exact) mass is 591 g/mol. The molecule has 2 aromatic heterocycles. The first-order valence-corrected chi connectivity index (χ1v) is 12.4. The molecular weight excluding hydrogens is 570 g/mol. The van der Waals surface area contributed by atoms with Gasteiger partial charge in [0.15, 0.2) is 5.65 Å². The van der Waals surface area contributed by atoms with Crippen LogP contribution in [0.5, 0.6) is 0 Å². The summed E-state index contributed by atoms with van der Waals surface area (Å²) in [5.41, 5.74) is 0.0373. The lowest BCUT2D eigenvalue weighted by Crippen LogP contribution is -2.57. The average Bonchev–Trinajstić information content (AvgIpc) is 3.32. The summed E-state index contributed by atoms with van der Waals surface area (Å²) >= 11 is 3.40. The number of aromatic nitrogens is 4. The molecule has 0 spiro atoms. The summed E-state index contributed by atoms with van der Waals surface area (Å²) in [6.07, 6.45) is -1.91. The number of alkyl halides is 3. The van der Waals surface area contributed by atoms with E-state index >= 15 is 0 Å². The number of carbonyl (C=O) groups excluding carboxylic acids is 1. The first-order valence-electron chi connectivity index (χ1n) is 11.6. The molecule has 1 saturated heterocycles. The molecule has 0 saturated carbocycles. The number of likely N-dealkylation sites (N-methyl/N-ethyl adjacent to an activating group) is 1. The van der Waals surface area contributed by atoms with Crippen LogP contribution in [0, 0.1) is 5.82 Å². The van der Waals surface area contributed by atoms with E-state index in [1.165, 1.54) is 11.0 Å². The van der Waals surface area contributed by atoms with Crippen LogP contribution in [0.15, 0.2) is 59.5 Å². The van der Waals surface area contributed by atoms with Gasteiger partial charge in [-0.1, -0.05) is 28.1 Å². The van der Waals surface area contributed by atoms with E-state index in [1.54, 1.807) is 6.20 Å². The smallest absolute Gasteiger partial charge is 0.353 e. The molecule has 1 aliphatic rings. The Bertz CT molecular complexity index is 1480. The largest absolute Gasteiger partial charge is 0.419 e. The second-order valence-electron chi connectivity index (χ2n) is 8.96. The van der Waals surface area contributed by atoms with Crippen molar-refractivity contribution in [2.24, 2.45) is 0 Å². The average molecular weight is 592 g/mol. The molecule has 38 heavy (non-hydrogen) atoms. The third-order valence-electron chi connectivity index (χ3n) is 6.45. The molecule has 4 aromatic rings. The van der Waals surface area contributed by atoms with Gasteiger partial charge in [0.25, 0.3) is 0 Å². The third kappa shape index (κ3) is 5.34. The van der Waals surface area contributed by atoms with Gasteiger partial charge >= 0.3 is 6.18 Å². The molecule has 2 aromatic carbocycles. The molecule has 8 nitrogen and oxygen atoms in total. The van der Waals surface area contributed by atoms with Crippen LogP contribution in [0.1, 0.15) is 11.1 Å². The Kier molecular flexibility index (Phi) is 7.05. The quantitative estimate of drug-likeness (QED) is 0.351. The minimum atomic E-state index is -4.79. The summed E-state index contributed by atoms with van der Waals surface area (Å²) in [6, 6.07) is 9.85. The van der Waals surface area contributed by atoms with Gasteiger partial charge in [-0.05, 0) is 36.9 Å². The highest BCUT2D eigenvalue weighted by molar-refractivity contribution is 9.10. The van der Waals surface area contributed by atoms with Crippen molar-refractivity contribution in [3.05, 3.63) is 76.4 Å². The van der Waals surface area contributed by atoms with Gasteiger partial charge in [-0.15, -0.1) is 5.10 Å². The lowest BCUT2D eigenvalue weighted by molar-refractivity contribution is -0.140. The van der Waals surface area contributed by atoms with Crippen LogP contribution in [-0.2, 0) is 17.5 Å². The maximum absolute atomic E-state index is 14.2. The molecular formula is C25H22BrF4N7O. The number of anilines is 1. The summed E-state index contributed by atoms with van der Waals surface area (Å²) in [6.45, 7) is 1.93. The number of halogens is 5. The van der Waals surface area contributed by atoms with Gasteiger partial charge in [-0.2, -0.15) is 13.2 Å². The van der Waals surface area contributed by atoms with Gasteiger partial charge in [0.2, 0.25) is 5.91 Å². The molecule has 0 unspecified atom stereocenters. The molecule has 1 fully saturated rings. The third-order valence-corrected chi connectivity index (χ3v) is 6.98. The number of amides is 1. The highest BCUT2D eigenvalue weighted by Crippen LogP contribution is 2.32. The SMILES string of the molecule is CN1CCN(c2ncnc3nn(-c4ccc(C(F)(F)F)c(F)c4)cc23)C[C@@H]1C(=O)NCc1ccc(Br)cc1. The number of hydrogen-bond donors (Lipinski definition) is 1. The second kappa shape index (κ2) is 10.3. The normalized spacial score (nSPS) is 16.7. The van der Waals surface area contributed by atoms with Gasteiger partial charge in [0, 0.05) is 42.9 Å². The second-order valence-corrected chi connectivity index (χ2v) is 9.87. The number of hydrogen-bond acceptors (Lipinski definition) is 6. The Hall–Kier alpha value is -3.58. The van der Waals surface area contributed by atoms with Gasteiger partial charge in [-0.25, -0.2) is 19.0 Å². The molecule has 5 rings (SSSR count). The van der Waals surface area contributed by atoms with Crippen LogP contribution in [-0.4, -0.2) is 63.3 Å². The Balaban J connectivity index is 1.36. The highest BCUT2D eigenvalue weighted by atomic mass is 79.9. The maximum Gasteiger partial charge on any atom is 0.419 e. The molecule has 0 bridgehead atoms. The topological polar surface area (TPSA) is 79.2 Å². The number of nitrogens with zero attached hydrogens (tertiary/aromatic N) is 6. The van der Waals surface area contributed by atoms with E-state index in [4.69, 9.17) is 0 Å². The van der Waals surface area contributed by atoms with Crippen LogP contribution >= 0.6 is 15.9 Å². The van der Waals surface area contributed by atoms with Crippen LogP contribution < -0.4 is 10.2 Å². The van der Waals surface area contributed by atoms with Crippen molar-refractivity contribution in [3.8, 4) is 5.69 Å². The Morgan fingerprint density at radius 1 is 1.13 bits per heavy atom. The van der Waals surface area contributed by atoms with Crippen molar-refractivity contribution in [1.29, 1.82) is 0 Å². The number of benzene rings is 2. The summed E-state index contributed by atoms with van der Waals surface area (Å²) in [7, 11) is 1.88. The highest BCUT2D eigenvalue weighted by Gasteiger charge is 2.34. The standard InChI is InChI=1S/C25H22BrF4N7O/c1-35-8-9-36(13-21(35)24(38)31-11-15-2-4-16(26)5-3-15)23-18-12-37(34-22(18)32-14-33-23)17-6-7-19(20(27)10-17)25(28,29)30/h2-7,10,12,14,21H,8-9,11,13H2,1H3,(H,31,38)/t21-/m1/s1. The first-order chi connectivity index (χ1) is 18.1. The fourth-order valence-corrected chi connectivity index (χ4v) is 4.61. The summed E-state index contributed by atoms with van der Waals surface area (Å²) in [5, 5.41) is 7.83. The van der Waals surface area contributed by atoms with Gasteiger partial charge in [0.05, 0.1) is 16.6 Å². The lowest BCUT2D eigenvalue weighted by Gasteiger charge is -2.39. The van der Waals surface area contributed by atoms with Crippen LogP contribution in [0.25, 0.3) is 16.7 Å². The molecule has 1 N–H and O–H groups in total. The van der Waals surface area contributed by atoms with E-state index in [-0.39, 0.29) is 11.6 Å². The lowest BCUT2D eigenvalue weighted by atomic mass is 10.1. The van der Waals surface area contributed by atoms with E-state index in [0.29, 0.717) is 49.1 Å². The molecule has 13 heteroatoms. The molecule has 0 radical (unpaired) electrons. The number of carbonyl (C=O) groups is 1. The van der Waals surface area contributed by atoms with E-state index in [1.807, 2.05) is 41.1 Å².